The van der Waals surface area contributed by atoms with Crippen molar-refractivity contribution >= 4 is 11.7 Å². The van der Waals surface area contributed by atoms with Crippen LogP contribution >= 0.6 is 0 Å². The molecule has 1 N–H and O–H groups in total. The molecule has 22 heavy (non-hydrogen) atoms. The van der Waals surface area contributed by atoms with Crippen molar-refractivity contribution in [3.05, 3.63) is 71.7 Å². The van der Waals surface area contributed by atoms with E-state index < -0.39 is 0 Å². The number of amides is 1. The van der Waals surface area contributed by atoms with Gasteiger partial charge in [-0.1, -0.05) is 41.6 Å². The maximum absolute atomic E-state index is 12.1. The summed E-state index contributed by atoms with van der Waals surface area (Å²) < 4.78 is 1.63. The molecule has 3 rings (SSSR count). The molecular formula is C16H15N5O. The fourth-order valence-corrected chi connectivity index (χ4v) is 2.04. The molecule has 0 radical (unpaired) electrons. The van der Waals surface area contributed by atoms with E-state index in [1.54, 1.807) is 16.9 Å². The third kappa shape index (κ3) is 3.35. The number of nitrogens with one attached hydrogen (secondary N) is 1. The Hall–Kier alpha value is -3.02. The second-order valence-electron chi connectivity index (χ2n) is 4.91. The van der Waals surface area contributed by atoms with Crippen LogP contribution in [0.5, 0.6) is 0 Å². The number of hydrogen-bond acceptors (Lipinski definition) is 4. The highest BCUT2D eigenvalue weighted by Crippen LogP contribution is 2.07. The van der Waals surface area contributed by atoms with Crippen LogP contribution in [0, 0.1) is 6.92 Å². The Kier molecular flexibility index (Phi) is 3.91. The second-order valence-corrected chi connectivity index (χ2v) is 4.91. The first-order valence-electron chi connectivity index (χ1n) is 6.90. The number of benzene rings is 1. The van der Waals surface area contributed by atoms with Crippen LogP contribution in [0.2, 0.25) is 0 Å². The average Bonchev–Trinajstić information content (AvgIpc) is 2.97. The fourth-order valence-electron chi connectivity index (χ4n) is 2.04. The maximum Gasteiger partial charge on any atom is 0.278 e. The predicted octanol–water partition coefficient (Wildman–Crippen LogP) is 2.28. The van der Waals surface area contributed by atoms with E-state index in [4.69, 9.17) is 0 Å². The van der Waals surface area contributed by atoms with Gasteiger partial charge in [0.15, 0.2) is 5.69 Å². The van der Waals surface area contributed by atoms with Crippen LogP contribution in [-0.4, -0.2) is 25.9 Å². The molecule has 1 amide bonds. The molecule has 0 aliphatic carbocycles. The van der Waals surface area contributed by atoms with E-state index in [9.17, 15) is 4.79 Å². The molecule has 110 valence electrons. The van der Waals surface area contributed by atoms with Crippen molar-refractivity contribution in [3.8, 4) is 0 Å². The van der Waals surface area contributed by atoms with E-state index in [1.807, 2.05) is 49.4 Å². The molecule has 6 nitrogen and oxygen atoms in total. The Morgan fingerprint density at radius 2 is 1.95 bits per heavy atom. The first kappa shape index (κ1) is 13.9. The number of hydrogen-bond donors (Lipinski definition) is 1. The fraction of sp³-hybridized carbons (Fsp3) is 0.125. The summed E-state index contributed by atoms with van der Waals surface area (Å²) >= 11 is 0. The lowest BCUT2D eigenvalue weighted by Crippen LogP contribution is -2.13. The van der Waals surface area contributed by atoms with Crippen molar-refractivity contribution in [1.82, 2.24) is 20.0 Å². The van der Waals surface area contributed by atoms with E-state index in [0.29, 0.717) is 12.4 Å². The van der Waals surface area contributed by atoms with E-state index in [0.717, 1.165) is 11.3 Å². The molecule has 2 aromatic heterocycles. The van der Waals surface area contributed by atoms with Crippen molar-refractivity contribution in [2.24, 2.45) is 0 Å². The van der Waals surface area contributed by atoms with Gasteiger partial charge in [0.2, 0.25) is 0 Å². The summed E-state index contributed by atoms with van der Waals surface area (Å²) in [6.45, 7) is 2.44. The Balaban J connectivity index is 1.69. The summed E-state index contributed by atoms with van der Waals surface area (Å²) in [7, 11) is 0. The molecule has 6 heteroatoms. The van der Waals surface area contributed by atoms with Gasteiger partial charge in [-0.05, 0) is 24.6 Å². The molecule has 3 aromatic rings. The average molecular weight is 293 g/mol. The van der Waals surface area contributed by atoms with Gasteiger partial charge in [-0.15, -0.1) is 5.10 Å². The molecule has 0 fully saturated rings. The zero-order valence-corrected chi connectivity index (χ0v) is 12.1. The third-order valence-corrected chi connectivity index (χ3v) is 3.09. The number of pyridine rings is 1. The standard InChI is InChI=1S/C16H15N5O/c1-12-6-5-9-15(17-12)18-16(22)14-11-21(20-19-14)10-13-7-3-2-4-8-13/h2-9,11H,10H2,1H3,(H,17,18,22). The quantitative estimate of drug-likeness (QED) is 0.801. The molecule has 0 unspecified atom stereocenters. The summed E-state index contributed by atoms with van der Waals surface area (Å²) in [6.07, 6.45) is 1.62. The smallest absolute Gasteiger partial charge is 0.278 e. The van der Waals surface area contributed by atoms with Crippen molar-refractivity contribution in [3.63, 3.8) is 0 Å². The minimum atomic E-state index is -0.322. The molecule has 0 saturated carbocycles. The lowest BCUT2D eigenvalue weighted by atomic mass is 10.2. The first-order valence-corrected chi connectivity index (χ1v) is 6.90. The lowest BCUT2D eigenvalue weighted by molar-refractivity contribution is 0.102. The summed E-state index contributed by atoms with van der Waals surface area (Å²) in [6, 6.07) is 15.3. The van der Waals surface area contributed by atoms with Gasteiger partial charge in [0.05, 0.1) is 12.7 Å². The summed E-state index contributed by atoms with van der Waals surface area (Å²) in [5.41, 5.74) is 2.20. The molecule has 0 spiro atoms. The van der Waals surface area contributed by atoms with Gasteiger partial charge in [0, 0.05) is 5.69 Å². The summed E-state index contributed by atoms with van der Waals surface area (Å²) in [4.78, 5) is 16.4. The zero-order chi connectivity index (χ0) is 15.4. The van der Waals surface area contributed by atoms with Crippen LogP contribution < -0.4 is 5.32 Å². The number of rotatable bonds is 4. The molecule has 2 heterocycles. The van der Waals surface area contributed by atoms with Crippen molar-refractivity contribution < 1.29 is 4.79 Å². The molecule has 0 atom stereocenters. The maximum atomic E-state index is 12.1. The van der Waals surface area contributed by atoms with Gasteiger partial charge in [-0.25, -0.2) is 9.67 Å². The van der Waals surface area contributed by atoms with Crippen molar-refractivity contribution in [1.29, 1.82) is 0 Å². The van der Waals surface area contributed by atoms with Crippen LogP contribution in [0.15, 0.2) is 54.7 Å². The van der Waals surface area contributed by atoms with Crippen LogP contribution in [0.4, 0.5) is 5.82 Å². The largest absolute Gasteiger partial charge is 0.305 e. The van der Waals surface area contributed by atoms with Gasteiger partial charge < -0.3 is 5.32 Å². The Morgan fingerprint density at radius 1 is 1.14 bits per heavy atom. The van der Waals surface area contributed by atoms with Gasteiger partial charge in [0.1, 0.15) is 5.82 Å². The number of carbonyl (C=O) groups excluding carboxylic acids is 1. The molecule has 0 saturated heterocycles. The van der Waals surface area contributed by atoms with Crippen LogP contribution in [0.3, 0.4) is 0 Å². The van der Waals surface area contributed by atoms with E-state index in [1.165, 1.54) is 0 Å². The topological polar surface area (TPSA) is 72.7 Å². The zero-order valence-electron chi connectivity index (χ0n) is 12.1. The van der Waals surface area contributed by atoms with Gasteiger partial charge in [0.25, 0.3) is 5.91 Å². The van der Waals surface area contributed by atoms with Crippen LogP contribution in [-0.2, 0) is 6.54 Å². The highest BCUT2D eigenvalue weighted by Gasteiger charge is 2.11. The van der Waals surface area contributed by atoms with Gasteiger partial charge in [-0.3, -0.25) is 4.79 Å². The van der Waals surface area contributed by atoms with Gasteiger partial charge >= 0.3 is 0 Å². The first-order chi connectivity index (χ1) is 10.7. The number of carbonyl (C=O) groups is 1. The Bertz CT molecular complexity index is 782. The minimum Gasteiger partial charge on any atom is -0.305 e. The second kappa shape index (κ2) is 6.17. The van der Waals surface area contributed by atoms with E-state index in [-0.39, 0.29) is 11.6 Å². The highest BCUT2D eigenvalue weighted by atomic mass is 16.2. The summed E-state index contributed by atoms with van der Waals surface area (Å²) in [5, 5.41) is 10.6. The van der Waals surface area contributed by atoms with Crippen molar-refractivity contribution in [2.45, 2.75) is 13.5 Å². The molecule has 0 bridgehead atoms. The molecule has 0 aliphatic rings. The van der Waals surface area contributed by atoms with Crippen molar-refractivity contribution in [2.75, 3.05) is 5.32 Å². The van der Waals surface area contributed by atoms with Crippen LogP contribution in [0.25, 0.3) is 0 Å². The van der Waals surface area contributed by atoms with Crippen LogP contribution in [0.1, 0.15) is 21.7 Å². The molecule has 1 aromatic carbocycles. The molecular weight excluding hydrogens is 278 g/mol. The number of nitrogens with zero attached hydrogens (tertiary/aromatic N) is 4. The number of aryl methyl sites for hydroxylation is 1. The van der Waals surface area contributed by atoms with E-state index >= 15 is 0 Å². The lowest BCUT2D eigenvalue weighted by Gasteiger charge is -2.02. The number of aromatic nitrogens is 4. The SMILES string of the molecule is Cc1cccc(NC(=O)c2cn(Cc3ccccc3)nn2)n1. The monoisotopic (exact) mass is 293 g/mol. The highest BCUT2D eigenvalue weighted by molar-refractivity contribution is 6.02. The molecule has 0 aliphatic heterocycles. The predicted molar refractivity (Wildman–Crippen MR) is 82.5 cm³/mol. The normalized spacial score (nSPS) is 10.4. The minimum absolute atomic E-state index is 0.263. The van der Waals surface area contributed by atoms with Gasteiger partial charge in [-0.2, -0.15) is 0 Å². The Morgan fingerprint density at radius 3 is 2.73 bits per heavy atom. The van der Waals surface area contributed by atoms with E-state index in [2.05, 4.69) is 20.6 Å². The Labute approximate surface area is 127 Å². The summed E-state index contributed by atoms with van der Waals surface area (Å²) in [5.74, 6) is 0.181. The third-order valence-electron chi connectivity index (χ3n) is 3.09. The number of anilines is 1.